The molecule has 0 aromatic heterocycles. The summed E-state index contributed by atoms with van der Waals surface area (Å²) in [5.41, 5.74) is 5.87. The average molecular weight is 523 g/mol. The summed E-state index contributed by atoms with van der Waals surface area (Å²) in [6.45, 7) is 4.67. The van der Waals surface area contributed by atoms with E-state index in [-0.39, 0.29) is 0 Å². The molecule has 1 saturated carbocycles. The van der Waals surface area contributed by atoms with Gasteiger partial charge in [-0.2, -0.15) is 0 Å². The Kier molecular flexibility index (Phi) is 9.60. The molecule has 1 aliphatic carbocycles. The molecule has 3 aromatic carbocycles. The first-order valence-corrected chi connectivity index (χ1v) is 18.6. The lowest BCUT2D eigenvalue weighted by Gasteiger charge is -2.39. The highest BCUT2D eigenvalue weighted by atomic mass is 28.3. The van der Waals surface area contributed by atoms with Gasteiger partial charge in [-0.1, -0.05) is 148 Å². The van der Waals surface area contributed by atoms with E-state index in [0.29, 0.717) is 0 Å². The molecule has 0 unspecified atom stereocenters. The van der Waals surface area contributed by atoms with E-state index in [4.69, 9.17) is 0 Å². The molecule has 1 aliphatic heterocycles. The third-order valence-corrected chi connectivity index (χ3v) is 15.6. The molecule has 2 fully saturated rings. The van der Waals surface area contributed by atoms with Gasteiger partial charge < -0.3 is 0 Å². The van der Waals surface area contributed by atoms with Gasteiger partial charge in [-0.3, -0.25) is 0 Å². The predicted molar refractivity (Wildman–Crippen MR) is 169 cm³/mol. The maximum Gasteiger partial charge on any atom is 0.0867 e. The Morgan fingerprint density at radius 3 is 1.66 bits per heavy atom. The van der Waals surface area contributed by atoms with E-state index in [0.717, 1.165) is 17.8 Å². The van der Waals surface area contributed by atoms with Gasteiger partial charge >= 0.3 is 0 Å². The van der Waals surface area contributed by atoms with Gasteiger partial charge in [-0.25, -0.2) is 0 Å². The molecular weight excluding hydrogens is 472 g/mol. The average Bonchev–Trinajstić information content (AvgIpc) is 2.99. The highest BCUT2D eigenvalue weighted by Crippen LogP contribution is 2.42. The number of rotatable bonds is 10. The summed E-state index contributed by atoms with van der Waals surface area (Å²) in [7, 11) is -1.36. The zero-order valence-corrected chi connectivity index (χ0v) is 25.1. The van der Waals surface area contributed by atoms with Crippen LogP contribution in [0.2, 0.25) is 18.1 Å². The molecule has 1 heterocycles. The van der Waals surface area contributed by atoms with Crippen molar-refractivity contribution < 1.29 is 0 Å². The Morgan fingerprint density at radius 2 is 1.13 bits per heavy atom. The fraction of sp³-hybridized carbons (Fsp3) is 0.514. The van der Waals surface area contributed by atoms with Crippen molar-refractivity contribution in [3.63, 3.8) is 0 Å². The van der Waals surface area contributed by atoms with Crippen molar-refractivity contribution in [3.05, 3.63) is 90.0 Å². The largest absolute Gasteiger partial charge is 0.0867 e. The highest BCUT2D eigenvalue weighted by Gasteiger charge is 2.38. The number of unbranched alkanes of at least 4 members (excludes halogenated alkanes) is 2. The van der Waals surface area contributed by atoms with Crippen LogP contribution in [-0.4, -0.2) is 8.07 Å². The summed E-state index contributed by atoms with van der Waals surface area (Å²) in [4.78, 5) is 0. The van der Waals surface area contributed by atoms with Gasteiger partial charge in [0.1, 0.15) is 0 Å². The van der Waals surface area contributed by atoms with Crippen molar-refractivity contribution in [2.24, 2.45) is 5.92 Å². The van der Waals surface area contributed by atoms with Crippen molar-refractivity contribution in [2.45, 2.75) is 114 Å². The van der Waals surface area contributed by atoms with Crippen LogP contribution in [0.3, 0.4) is 0 Å². The Labute approximate surface area is 234 Å². The van der Waals surface area contributed by atoms with Crippen LogP contribution < -0.4 is 5.19 Å². The van der Waals surface area contributed by atoms with E-state index in [2.05, 4.69) is 92.7 Å². The first kappa shape index (κ1) is 27.4. The second-order valence-corrected chi connectivity index (χ2v) is 17.3. The van der Waals surface area contributed by atoms with Crippen LogP contribution in [0.25, 0.3) is 11.1 Å². The molecule has 0 N–H and O–H groups in total. The van der Waals surface area contributed by atoms with Crippen LogP contribution in [0.4, 0.5) is 0 Å². The molecule has 0 radical (unpaired) electrons. The predicted octanol–water partition coefficient (Wildman–Crippen LogP) is 10.9. The van der Waals surface area contributed by atoms with Crippen LogP contribution >= 0.6 is 0 Å². The molecule has 0 spiro atoms. The monoisotopic (exact) mass is 522 g/mol. The fourth-order valence-electron chi connectivity index (χ4n) is 7.78. The van der Waals surface area contributed by atoms with Gasteiger partial charge in [0.05, 0.1) is 8.07 Å². The summed E-state index contributed by atoms with van der Waals surface area (Å²) in [5, 5.41) is 1.72. The zero-order chi connectivity index (χ0) is 26.2. The lowest BCUT2D eigenvalue weighted by molar-refractivity contribution is 0.308. The fourth-order valence-corrected chi connectivity index (χ4v) is 13.0. The topological polar surface area (TPSA) is 0 Å². The molecule has 202 valence electrons. The molecule has 1 saturated heterocycles. The van der Waals surface area contributed by atoms with E-state index in [1.807, 2.05) is 0 Å². The molecule has 1 heteroatoms. The van der Waals surface area contributed by atoms with E-state index in [1.54, 1.807) is 16.3 Å². The van der Waals surface area contributed by atoms with Crippen LogP contribution in [0.5, 0.6) is 0 Å². The maximum absolute atomic E-state index is 2.45. The molecule has 38 heavy (non-hydrogen) atoms. The van der Waals surface area contributed by atoms with Gasteiger partial charge in [0.2, 0.25) is 0 Å². The van der Waals surface area contributed by atoms with Crippen molar-refractivity contribution in [1.29, 1.82) is 0 Å². The van der Waals surface area contributed by atoms with Crippen LogP contribution in [0, 0.1) is 5.92 Å². The van der Waals surface area contributed by atoms with E-state index < -0.39 is 8.07 Å². The SMILES string of the molecule is CCCCC[Si]1(c2ccccc2)CCC(c2ccc(-c3ccc([C@H]4CC[C@H](CCC)CC4)cc3)cc2)CC1. The summed E-state index contributed by atoms with van der Waals surface area (Å²) in [5.74, 6) is 2.50. The third kappa shape index (κ3) is 6.53. The van der Waals surface area contributed by atoms with Gasteiger partial charge in [0.25, 0.3) is 0 Å². The molecule has 0 nitrogen and oxygen atoms in total. The van der Waals surface area contributed by atoms with Crippen molar-refractivity contribution >= 4 is 13.3 Å². The van der Waals surface area contributed by atoms with Crippen molar-refractivity contribution in [2.75, 3.05) is 0 Å². The number of hydrogen-bond acceptors (Lipinski definition) is 0. The Balaban J connectivity index is 1.20. The Bertz CT molecular complexity index is 1080. The summed E-state index contributed by atoms with van der Waals surface area (Å²) in [6, 6.07) is 35.3. The zero-order valence-electron chi connectivity index (χ0n) is 24.1. The lowest BCUT2D eigenvalue weighted by atomic mass is 9.77. The van der Waals surface area contributed by atoms with Crippen LogP contribution in [-0.2, 0) is 0 Å². The molecule has 0 atom stereocenters. The smallest absolute Gasteiger partial charge is 0.0654 e. The summed E-state index contributed by atoms with van der Waals surface area (Å²) < 4.78 is 0. The number of benzene rings is 3. The van der Waals surface area contributed by atoms with Crippen LogP contribution in [0.1, 0.15) is 107 Å². The minimum atomic E-state index is -1.36. The quantitative estimate of drug-likeness (QED) is 0.183. The normalized spacial score (nSPS) is 25.8. The first-order chi connectivity index (χ1) is 18.7. The second-order valence-electron chi connectivity index (χ2n) is 12.6. The Hall–Kier alpha value is -2.12. The number of hydrogen-bond donors (Lipinski definition) is 0. The lowest BCUT2D eigenvalue weighted by Crippen LogP contribution is -2.49. The Morgan fingerprint density at radius 1 is 0.579 bits per heavy atom. The van der Waals surface area contributed by atoms with E-state index >= 15 is 0 Å². The highest BCUT2D eigenvalue weighted by molar-refractivity contribution is 6.92. The standard InChI is InChI=1S/C37H50Si/c1-3-5-9-27-38(37-11-7-6-8-12-37)28-25-36(26-29-38)35-23-21-34(22-24-35)33-19-17-32(18-20-33)31-15-13-30(10-4-2)14-16-31/h6-8,11-12,17-24,30-31,36H,3-5,9-10,13-16,25-29H2,1-2H3/t30-,31-,36?,38?. The molecule has 3 aromatic rings. The third-order valence-electron chi connectivity index (χ3n) is 10.2. The van der Waals surface area contributed by atoms with Gasteiger partial charge in [0, 0.05) is 0 Å². The first-order valence-electron chi connectivity index (χ1n) is 16.0. The van der Waals surface area contributed by atoms with Crippen molar-refractivity contribution in [1.82, 2.24) is 0 Å². The molecule has 0 amide bonds. The minimum Gasteiger partial charge on any atom is -0.0654 e. The maximum atomic E-state index is 2.45. The van der Waals surface area contributed by atoms with E-state index in [9.17, 15) is 0 Å². The van der Waals surface area contributed by atoms with Crippen molar-refractivity contribution in [3.8, 4) is 11.1 Å². The summed E-state index contributed by atoms with van der Waals surface area (Å²) >= 11 is 0. The van der Waals surface area contributed by atoms with Gasteiger partial charge in [-0.15, -0.1) is 0 Å². The van der Waals surface area contributed by atoms with Gasteiger partial charge in [-0.05, 0) is 78.5 Å². The van der Waals surface area contributed by atoms with Gasteiger partial charge in [0.15, 0.2) is 0 Å². The molecule has 5 rings (SSSR count). The molecule has 2 aliphatic rings. The summed E-state index contributed by atoms with van der Waals surface area (Å²) in [6.07, 6.45) is 15.3. The molecule has 0 bridgehead atoms. The second kappa shape index (κ2) is 13.3. The van der Waals surface area contributed by atoms with E-state index in [1.165, 1.54) is 99.9 Å². The molecular formula is C37H50Si. The van der Waals surface area contributed by atoms with Crippen LogP contribution in [0.15, 0.2) is 78.9 Å². The minimum absolute atomic E-state index is 0.741.